The van der Waals surface area contributed by atoms with Gasteiger partial charge in [0.05, 0.1) is 7.11 Å². The van der Waals surface area contributed by atoms with Crippen LogP contribution in [0.2, 0.25) is 0 Å². The minimum absolute atomic E-state index is 0.448. The lowest BCUT2D eigenvalue weighted by molar-refractivity contribution is 0.248. The third-order valence-electron chi connectivity index (χ3n) is 2.96. The van der Waals surface area contributed by atoms with E-state index in [-0.39, 0.29) is 0 Å². The maximum atomic E-state index is 5.66. The molecule has 2 rings (SSSR count). The molecule has 76 valence electrons. The summed E-state index contributed by atoms with van der Waals surface area (Å²) in [7, 11) is 1.63. The van der Waals surface area contributed by atoms with E-state index in [2.05, 4.69) is 9.97 Å². The summed E-state index contributed by atoms with van der Waals surface area (Å²) in [5.74, 6) is 1.65. The number of hydrogen-bond donors (Lipinski definition) is 1. The molecule has 1 aromatic rings. The first-order valence-corrected chi connectivity index (χ1v) is 4.91. The Morgan fingerprint density at radius 1 is 1.43 bits per heavy atom. The van der Waals surface area contributed by atoms with Gasteiger partial charge in [-0.1, -0.05) is 0 Å². The first-order chi connectivity index (χ1) is 6.86. The highest BCUT2D eigenvalue weighted by molar-refractivity contribution is 5.24. The maximum Gasteiger partial charge on any atom is 0.235 e. The van der Waals surface area contributed by atoms with Crippen LogP contribution in [0.15, 0.2) is 12.4 Å². The Morgan fingerprint density at radius 2 is 2.21 bits per heavy atom. The molecule has 1 aliphatic carbocycles. The topological polar surface area (TPSA) is 61.0 Å². The fraction of sp³-hybridized carbons (Fsp3) is 0.600. The molecule has 2 atom stereocenters. The van der Waals surface area contributed by atoms with Gasteiger partial charge < -0.3 is 10.5 Å². The minimum atomic E-state index is 0.448. The highest BCUT2D eigenvalue weighted by atomic mass is 16.5. The largest absolute Gasteiger partial charge is 0.480 e. The molecule has 0 aliphatic heterocycles. The predicted molar refractivity (Wildman–Crippen MR) is 53.1 cm³/mol. The molecule has 0 bridgehead atoms. The van der Waals surface area contributed by atoms with Crippen molar-refractivity contribution < 1.29 is 4.74 Å². The number of hydrogen-bond acceptors (Lipinski definition) is 4. The molecule has 4 heteroatoms. The number of ether oxygens (including phenoxy) is 1. The van der Waals surface area contributed by atoms with Gasteiger partial charge in [-0.25, -0.2) is 4.98 Å². The molecule has 1 saturated carbocycles. The second kappa shape index (κ2) is 3.92. The Hall–Kier alpha value is -1.16. The minimum Gasteiger partial charge on any atom is -0.480 e. The second-order valence-electron chi connectivity index (χ2n) is 3.63. The third kappa shape index (κ3) is 1.46. The van der Waals surface area contributed by atoms with E-state index in [1.54, 1.807) is 19.5 Å². The summed E-state index contributed by atoms with van der Waals surface area (Å²) < 4.78 is 5.18. The van der Waals surface area contributed by atoms with Gasteiger partial charge in [0.25, 0.3) is 0 Å². The average molecular weight is 193 g/mol. The van der Waals surface area contributed by atoms with E-state index in [9.17, 15) is 0 Å². The number of aromatic nitrogens is 2. The zero-order valence-electron chi connectivity index (χ0n) is 8.31. The molecular formula is C10H15N3O. The molecule has 0 saturated heterocycles. The lowest BCUT2D eigenvalue weighted by atomic mass is 9.72. The fourth-order valence-corrected chi connectivity index (χ4v) is 1.96. The van der Waals surface area contributed by atoms with Gasteiger partial charge in [-0.2, -0.15) is 0 Å². The lowest BCUT2D eigenvalue weighted by Crippen LogP contribution is -2.31. The zero-order valence-corrected chi connectivity index (χ0v) is 8.31. The molecule has 0 radical (unpaired) electrons. The summed E-state index contributed by atoms with van der Waals surface area (Å²) in [6.45, 7) is 0.727. The van der Waals surface area contributed by atoms with E-state index in [0.29, 0.717) is 17.7 Å². The number of nitrogens with zero attached hydrogens (tertiary/aromatic N) is 2. The highest BCUT2D eigenvalue weighted by Crippen LogP contribution is 2.43. The smallest absolute Gasteiger partial charge is 0.235 e. The summed E-state index contributed by atoms with van der Waals surface area (Å²) in [6.07, 6.45) is 5.71. The molecule has 1 aliphatic rings. The van der Waals surface area contributed by atoms with Crippen molar-refractivity contribution >= 4 is 0 Å². The Balaban J connectivity index is 2.22. The Morgan fingerprint density at radius 3 is 2.79 bits per heavy atom. The molecule has 0 spiro atoms. The van der Waals surface area contributed by atoms with E-state index < -0.39 is 0 Å². The van der Waals surface area contributed by atoms with E-state index in [0.717, 1.165) is 18.7 Å². The van der Waals surface area contributed by atoms with Crippen molar-refractivity contribution in [2.24, 2.45) is 11.7 Å². The van der Waals surface area contributed by atoms with Gasteiger partial charge >= 0.3 is 0 Å². The van der Waals surface area contributed by atoms with Crippen molar-refractivity contribution in [2.45, 2.75) is 18.8 Å². The normalized spacial score (nSPS) is 25.6. The molecule has 1 heterocycles. The summed E-state index contributed by atoms with van der Waals surface area (Å²) in [5, 5.41) is 0. The molecule has 2 N–H and O–H groups in total. The zero-order chi connectivity index (χ0) is 9.97. The molecule has 14 heavy (non-hydrogen) atoms. The Kier molecular flexibility index (Phi) is 2.63. The molecular weight excluding hydrogens is 178 g/mol. The van der Waals surface area contributed by atoms with Gasteiger partial charge in [-0.05, 0) is 25.3 Å². The monoisotopic (exact) mass is 193 g/mol. The van der Waals surface area contributed by atoms with Crippen molar-refractivity contribution in [1.82, 2.24) is 9.97 Å². The van der Waals surface area contributed by atoms with Gasteiger partial charge in [0.2, 0.25) is 5.88 Å². The Bertz CT molecular complexity index is 314. The van der Waals surface area contributed by atoms with Crippen LogP contribution in [0.1, 0.15) is 24.5 Å². The summed E-state index contributed by atoms with van der Waals surface area (Å²) in [4.78, 5) is 8.47. The van der Waals surface area contributed by atoms with Crippen LogP contribution in [0.25, 0.3) is 0 Å². The van der Waals surface area contributed by atoms with Gasteiger partial charge in [0.1, 0.15) is 5.69 Å². The lowest BCUT2D eigenvalue weighted by Gasteiger charge is -2.35. The van der Waals surface area contributed by atoms with Gasteiger partial charge in [-0.15, -0.1) is 0 Å². The van der Waals surface area contributed by atoms with E-state index in [1.807, 2.05) is 0 Å². The highest BCUT2D eigenvalue weighted by Gasteiger charge is 2.34. The van der Waals surface area contributed by atoms with Gasteiger partial charge in [0.15, 0.2) is 0 Å². The quantitative estimate of drug-likeness (QED) is 0.776. The van der Waals surface area contributed by atoms with E-state index in [1.165, 1.54) is 6.42 Å². The van der Waals surface area contributed by atoms with Crippen molar-refractivity contribution in [3.63, 3.8) is 0 Å². The van der Waals surface area contributed by atoms with Gasteiger partial charge in [0, 0.05) is 18.3 Å². The molecule has 2 unspecified atom stereocenters. The van der Waals surface area contributed by atoms with E-state index >= 15 is 0 Å². The van der Waals surface area contributed by atoms with Crippen LogP contribution < -0.4 is 10.5 Å². The van der Waals surface area contributed by atoms with Crippen LogP contribution in [-0.4, -0.2) is 23.6 Å². The molecule has 1 aromatic heterocycles. The van der Waals surface area contributed by atoms with Crippen LogP contribution in [0.3, 0.4) is 0 Å². The SMILES string of the molecule is COc1nccnc1C1CCC1CN. The van der Waals surface area contributed by atoms with Gasteiger partial charge in [-0.3, -0.25) is 4.98 Å². The summed E-state index contributed by atoms with van der Waals surface area (Å²) in [5.41, 5.74) is 6.63. The van der Waals surface area contributed by atoms with E-state index in [4.69, 9.17) is 10.5 Å². The predicted octanol–water partition coefficient (Wildman–Crippen LogP) is 0.938. The van der Waals surface area contributed by atoms with Crippen LogP contribution in [0.4, 0.5) is 0 Å². The summed E-state index contributed by atoms with van der Waals surface area (Å²) >= 11 is 0. The number of methoxy groups -OCH3 is 1. The average Bonchev–Trinajstić information content (AvgIpc) is 2.18. The number of nitrogens with two attached hydrogens (primary N) is 1. The maximum absolute atomic E-state index is 5.66. The molecule has 0 amide bonds. The third-order valence-corrected chi connectivity index (χ3v) is 2.96. The van der Waals surface area contributed by atoms with Crippen molar-refractivity contribution in [2.75, 3.05) is 13.7 Å². The van der Waals surface area contributed by atoms with Crippen molar-refractivity contribution in [3.8, 4) is 5.88 Å². The molecule has 0 aromatic carbocycles. The molecule has 1 fully saturated rings. The van der Waals surface area contributed by atoms with Crippen LogP contribution in [0, 0.1) is 5.92 Å². The first-order valence-electron chi connectivity index (χ1n) is 4.91. The van der Waals surface area contributed by atoms with Crippen LogP contribution in [0.5, 0.6) is 5.88 Å². The Labute approximate surface area is 83.5 Å². The number of rotatable bonds is 3. The first kappa shape index (κ1) is 9.40. The summed E-state index contributed by atoms with van der Waals surface area (Å²) in [6, 6.07) is 0. The van der Waals surface area contributed by atoms with Crippen LogP contribution >= 0.6 is 0 Å². The standard InChI is InChI=1S/C10H15N3O/c1-14-10-9(12-4-5-13-10)8-3-2-7(8)6-11/h4-5,7-8H,2-3,6,11H2,1H3. The van der Waals surface area contributed by atoms with Crippen LogP contribution in [-0.2, 0) is 0 Å². The fourth-order valence-electron chi connectivity index (χ4n) is 1.96. The second-order valence-corrected chi connectivity index (χ2v) is 3.63. The molecule has 4 nitrogen and oxygen atoms in total. The van der Waals surface area contributed by atoms with Crippen molar-refractivity contribution in [1.29, 1.82) is 0 Å². The van der Waals surface area contributed by atoms with Crippen molar-refractivity contribution in [3.05, 3.63) is 18.1 Å².